The summed E-state index contributed by atoms with van der Waals surface area (Å²) in [5.41, 5.74) is 0.952. The van der Waals surface area contributed by atoms with Gasteiger partial charge in [0.15, 0.2) is 5.76 Å². The number of thiazole rings is 1. The van der Waals surface area contributed by atoms with Crippen LogP contribution in [0, 0.1) is 6.92 Å². The van der Waals surface area contributed by atoms with Crippen LogP contribution in [0.2, 0.25) is 0 Å². The van der Waals surface area contributed by atoms with E-state index >= 15 is 0 Å². The lowest BCUT2D eigenvalue weighted by atomic mass is 10.1. The van der Waals surface area contributed by atoms with Gasteiger partial charge >= 0.3 is 0 Å². The third kappa shape index (κ3) is 2.76. The van der Waals surface area contributed by atoms with Gasteiger partial charge in [0.2, 0.25) is 0 Å². The maximum Gasteiger partial charge on any atom is 0.153 e. The van der Waals surface area contributed by atoms with Crippen LogP contribution in [0.1, 0.15) is 30.0 Å². The molecule has 0 saturated heterocycles. The van der Waals surface area contributed by atoms with Gasteiger partial charge in [-0.3, -0.25) is 0 Å². The molecular weight excluding hydrogens is 232 g/mol. The lowest BCUT2D eigenvalue weighted by molar-refractivity contribution is 0.546. The summed E-state index contributed by atoms with van der Waals surface area (Å²) in [5, 5.41) is 6.47. The minimum Gasteiger partial charge on any atom is -0.460 e. The van der Waals surface area contributed by atoms with E-state index in [0.29, 0.717) is 5.92 Å². The lowest BCUT2D eigenvalue weighted by Crippen LogP contribution is -2.16. The summed E-state index contributed by atoms with van der Waals surface area (Å²) < 4.78 is 5.58. The number of furan rings is 1. The van der Waals surface area contributed by atoms with Crippen LogP contribution >= 0.6 is 11.3 Å². The van der Waals surface area contributed by atoms with Crippen molar-refractivity contribution >= 4 is 11.3 Å². The van der Waals surface area contributed by atoms with E-state index in [2.05, 4.69) is 22.6 Å². The van der Waals surface area contributed by atoms with Crippen LogP contribution in [0.15, 0.2) is 21.9 Å². The van der Waals surface area contributed by atoms with Crippen molar-refractivity contribution in [2.45, 2.75) is 26.2 Å². The first-order chi connectivity index (χ1) is 8.24. The maximum atomic E-state index is 5.58. The monoisotopic (exact) mass is 250 g/mol. The second-order valence-electron chi connectivity index (χ2n) is 4.14. The van der Waals surface area contributed by atoms with Crippen molar-refractivity contribution in [2.75, 3.05) is 13.6 Å². The highest BCUT2D eigenvalue weighted by Crippen LogP contribution is 2.28. The van der Waals surface area contributed by atoms with Crippen molar-refractivity contribution in [1.29, 1.82) is 0 Å². The van der Waals surface area contributed by atoms with Crippen LogP contribution in [0.3, 0.4) is 0 Å². The Labute approximate surface area is 106 Å². The highest BCUT2D eigenvalue weighted by atomic mass is 32.1. The van der Waals surface area contributed by atoms with Crippen molar-refractivity contribution in [2.24, 2.45) is 0 Å². The van der Waals surface area contributed by atoms with E-state index in [4.69, 9.17) is 4.42 Å². The molecule has 1 unspecified atom stereocenters. The van der Waals surface area contributed by atoms with Crippen LogP contribution in [0.5, 0.6) is 0 Å². The summed E-state index contributed by atoms with van der Waals surface area (Å²) in [4.78, 5) is 4.67. The number of hydrogen-bond acceptors (Lipinski definition) is 4. The molecule has 92 valence electrons. The lowest BCUT2D eigenvalue weighted by Gasteiger charge is -2.10. The smallest absolute Gasteiger partial charge is 0.153 e. The molecule has 0 aliphatic heterocycles. The Bertz CT molecular complexity index is 475. The molecule has 0 aliphatic carbocycles. The Hall–Kier alpha value is -1.13. The molecule has 0 aromatic carbocycles. The molecule has 4 heteroatoms. The Morgan fingerprint density at radius 2 is 2.29 bits per heavy atom. The maximum absolute atomic E-state index is 5.58. The first kappa shape index (κ1) is 12.3. The fourth-order valence-electron chi connectivity index (χ4n) is 1.81. The van der Waals surface area contributed by atoms with E-state index in [1.54, 1.807) is 11.3 Å². The van der Waals surface area contributed by atoms with Crippen LogP contribution in [-0.4, -0.2) is 18.6 Å². The second-order valence-corrected chi connectivity index (χ2v) is 5.03. The molecule has 0 amide bonds. The number of nitrogens with zero attached hydrogens (tertiary/aromatic N) is 1. The van der Waals surface area contributed by atoms with Gasteiger partial charge < -0.3 is 9.73 Å². The van der Waals surface area contributed by atoms with Gasteiger partial charge in [0, 0.05) is 17.8 Å². The average Bonchev–Trinajstić information content (AvgIpc) is 2.94. The van der Waals surface area contributed by atoms with Crippen LogP contribution in [0.4, 0.5) is 0 Å². The number of aryl methyl sites for hydroxylation is 1. The molecule has 0 aliphatic rings. The molecule has 1 N–H and O–H groups in total. The van der Waals surface area contributed by atoms with Crippen molar-refractivity contribution in [3.63, 3.8) is 0 Å². The summed E-state index contributed by atoms with van der Waals surface area (Å²) in [6.45, 7) is 5.12. The molecule has 0 radical (unpaired) electrons. The van der Waals surface area contributed by atoms with E-state index < -0.39 is 0 Å². The molecular formula is C13H18N2OS. The molecule has 2 aromatic rings. The first-order valence-corrected chi connectivity index (χ1v) is 6.79. The third-order valence-corrected chi connectivity index (χ3v) is 3.81. The van der Waals surface area contributed by atoms with Crippen molar-refractivity contribution in [3.05, 3.63) is 28.3 Å². The summed E-state index contributed by atoms with van der Waals surface area (Å²) in [5.74, 6) is 2.29. The first-order valence-electron chi connectivity index (χ1n) is 5.91. The van der Waals surface area contributed by atoms with Crippen molar-refractivity contribution < 1.29 is 4.42 Å². The van der Waals surface area contributed by atoms with Gasteiger partial charge in [0.05, 0.1) is 5.01 Å². The Kier molecular flexibility index (Phi) is 3.97. The Morgan fingerprint density at radius 3 is 2.88 bits per heavy atom. The summed E-state index contributed by atoms with van der Waals surface area (Å²) in [6, 6.07) is 3.95. The third-order valence-electron chi connectivity index (χ3n) is 2.81. The van der Waals surface area contributed by atoms with E-state index in [1.165, 1.54) is 5.01 Å². The van der Waals surface area contributed by atoms with Crippen LogP contribution in [0.25, 0.3) is 11.5 Å². The number of rotatable bonds is 5. The molecule has 0 saturated carbocycles. The average molecular weight is 250 g/mol. The highest BCUT2D eigenvalue weighted by Gasteiger charge is 2.14. The number of aromatic nitrogens is 1. The number of nitrogens with one attached hydrogen (secondary N) is 1. The van der Waals surface area contributed by atoms with Gasteiger partial charge in [-0.15, -0.1) is 11.3 Å². The highest BCUT2D eigenvalue weighted by molar-refractivity contribution is 7.10. The molecule has 0 spiro atoms. The molecule has 2 rings (SSSR count). The Balaban J connectivity index is 2.20. The van der Waals surface area contributed by atoms with Crippen molar-refractivity contribution in [1.82, 2.24) is 10.3 Å². The minimum absolute atomic E-state index is 0.495. The molecule has 17 heavy (non-hydrogen) atoms. The van der Waals surface area contributed by atoms with E-state index in [0.717, 1.165) is 30.2 Å². The fourth-order valence-corrected chi connectivity index (χ4v) is 2.81. The largest absolute Gasteiger partial charge is 0.460 e. The van der Waals surface area contributed by atoms with Crippen LogP contribution < -0.4 is 5.32 Å². The predicted octanol–water partition coefficient (Wildman–Crippen LogP) is 3.42. The zero-order valence-electron chi connectivity index (χ0n) is 10.5. The van der Waals surface area contributed by atoms with Crippen molar-refractivity contribution in [3.8, 4) is 11.5 Å². The number of likely N-dealkylation sites (N-methyl/N-ethyl adjacent to an activating group) is 1. The summed E-state index contributed by atoms with van der Waals surface area (Å²) in [7, 11) is 1.98. The Morgan fingerprint density at radius 1 is 1.47 bits per heavy atom. The summed E-state index contributed by atoms with van der Waals surface area (Å²) in [6.07, 6.45) is 1.10. The molecule has 2 aromatic heterocycles. The predicted molar refractivity (Wildman–Crippen MR) is 71.5 cm³/mol. The van der Waals surface area contributed by atoms with E-state index in [-0.39, 0.29) is 0 Å². The van der Waals surface area contributed by atoms with Gasteiger partial charge in [-0.05, 0) is 32.5 Å². The SMILES string of the molecule is CCC(CNC)c1nc(-c2ccc(C)o2)cs1. The van der Waals surface area contributed by atoms with Gasteiger partial charge in [-0.2, -0.15) is 0 Å². The fraction of sp³-hybridized carbons (Fsp3) is 0.462. The topological polar surface area (TPSA) is 38.1 Å². The van der Waals surface area contributed by atoms with Gasteiger partial charge in [-0.25, -0.2) is 4.98 Å². The molecule has 2 heterocycles. The van der Waals surface area contributed by atoms with Gasteiger partial charge in [-0.1, -0.05) is 6.92 Å². The second kappa shape index (κ2) is 5.47. The summed E-state index contributed by atoms with van der Waals surface area (Å²) >= 11 is 1.72. The van der Waals surface area contributed by atoms with Gasteiger partial charge in [0.25, 0.3) is 0 Å². The molecule has 0 bridgehead atoms. The zero-order valence-corrected chi connectivity index (χ0v) is 11.3. The molecule has 0 fully saturated rings. The quantitative estimate of drug-likeness (QED) is 0.883. The van der Waals surface area contributed by atoms with Crippen LogP contribution in [-0.2, 0) is 0 Å². The van der Waals surface area contributed by atoms with Gasteiger partial charge in [0.1, 0.15) is 11.5 Å². The zero-order chi connectivity index (χ0) is 12.3. The normalized spacial score (nSPS) is 12.9. The molecule has 1 atom stereocenters. The van der Waals surface area contributed by atoms with E-state index in [9.17, 15) is 0 Å². The molecule has 3 nitrogen and oxygen atoms in total. The number of hydrogen-bond donors (Lipinski definition) is 1. The van der Waals surface area contributed by atoms with E-state index in [1.807, 2.05) is 26.1 Å². The minimum atomic E-state index is 0.495. The standard InChI is InChI=1S/C13H18N2OS/c1-4-10(7-14-3)13-15-11(8-17-13)12-6-5-9(2)16-12/h5-6,8,10,14H,4,7H2,1-3H3.